The van der Waals surface area contributed by atoms with E-state index in [0.29, 0.717) is 58.9 Å². The van der Waals surface area contributed by atoms with E-state index in [1.807, 2.05) is 27.9 Å². The predicted octanol–water partition coefficient (Wildman–Crippen LogP) is 4.82. The highest BCUT2D eigenvalue weighted by molar-refractivity contribution is 6.05. The van der Waals surface area contributed by atoms with Gasteiger partial charge < -0.3 is 15.3 Å². The Morgan fingerprint density at radius 3 is 2.29 bits per heavy atom. The van der Waals surface area contributed by atoms with Crippen LogP contribution in [0.15, 0.2) is 54.9 Å². The Bertz CT molecular complexity index is 2490. The molecule has 3 saturated heterocycles. The molecule has 14 nitrogen and oxygen atoms in total. The van der Waals surface area contributed by atoms with E-state index in [0.717, 1.165) is 62.8 Å². The fourth-order valence-corrected chi connectivity index (χ4v) is 9.39. The molecule has 9 rings (SSSR count). The number of imide groups is 1. The van der Waals surface area contributed by atoms with E-state index in [9.17, 15) is 24.8 Å². The summed E-state index contributed by atoms with van der Waals surface area (Å²) in [5.74, 6) is -3.98. The van der Waals surface area contributed by atoms with Gasteiger partial charge in [0.15, 0.2) is 0 Å². The van der Waals surface area contributed by atoms with Crippen LogP contribution in [0.1, 0.15) is 91.5 Å². The van der Waals surface area contributed by atoms with Crippen molar-refractivity contribution < 1.29 is 28.3 Å². The number of hydrogen-bond acceptors (Lipinski definition) is 10. The molecule has 1 aliphatic carbocycles. The van der Waals surface area contributed by atoms with Crippen LogP contribution in [-0.4, -0.2) is 103 Å². The van der Waals surface area contributed by atoms with Crippen molar-refractivity contribution in [2.24, 2.45) is 0 Å². The van der Waals surface area contributed by atoms with Gasteiger partial charge in [0.2, 0.25) is 11.8 Å². The molecule has 3 amide bonds. The number of nitrogens with one attached hydrogen (secondary N) is 2. The zero-order chi connectivity index (χ0) is 41.2. The molecule has 306 valence electrons. The zero-order valence-corrected chi connectivity index (χ0v) is 33.0. The molecule has 3 aliphatic heterocycles. The molecule has 2 aromatic carbocycles. The van der Waals surface area contributed by atoms with Gasteiger partial charge in [0.25, 0.3) is 5.91 Å². The van der Waals surface area contributed by atoms with Crippen LogP contribution >= 0.6 is 0 Å². The molecule has 3 N–H and O–H groups in total. The fourth-order valence-electron chi connectivity index (χ4n) is 9.39. The molecular formula is C43H46F2N10O4. The van der Waals surface area contributed by atoms with Crippen molar-refractivity contribution in [1.82, 2.24) is 34.5 Å². The predicted molar refractivity (Wildman–Crippen MR) is 215 cm³/mol. The SMILES string of the molecule is CC(C)(O)c1cc2nn(C3CC(N4CCN(C5CCN(c6cc(F)c([C@H]7CCC(=O)NC7=O)c(F)c6)CC5)CC4)C3)cc2cc1NC(=O)c1ccc2cc(C#N)cnn12. The Morgan fingerprint density at radius 1 is 0.932 bits per heavy atom. The van der Waals surface area contributed by atoms with Gasteiger partial charge in [-0.3, -0.25) is 34.2 Å². The molecule has 5 aromatic rings. The van der Waals surface area contributed by atoms with E-state index in [1.54, 1.807) is 32.0 Å². The molecule has 1 atom stereocenters. The summed E-state index contributed by atoms with van der Waals surface area (Å²) in [4.78, 5) is 44.4. The molecule has 0 spiro atoms. The van der Waals surface area contributed by atoms with Crippen LogP contribution in [0, 0.1) is 23.0 Å². The van der Waals surface area contributed by atoms with Crippen LogP contribution in [0.3, 0.4) is 0 Å². The first-order valence-electron chi connectivity index (χ1n) is 20.3. The molecule has 6 heterocycles. The molecule has 0 bridgehead atoms. The number of carbonyl (C=O) groups is 3. The number of piperazine rings is 1. The maximum absolute atomic E-state index is 15.2. The van der Waals surface area contributed by atoms with Gasteiger partial charge in [-0.2, -0.15) is 15.5 Å². The maximum Gasteiger partial charge on any atom is 0.274 e. The minimum Gasteiger partial charge on any atom is -0.386 e. The van der Waals surface area contributed by atoms with Crippen LogP contribution in [0.2, 0.25) is 0 Å². The summed E-state index contributed by atoms with van der Waals surface area (Å²) in [6.45, 7) is 8.59. The molecule has 0 radical (unpaired) electrons. The second-order valence-corrected chi connectivity index (χ2v) is 16.9. The Labute approximate surface area is 339 Å². The fraction of sp³-hybridized carbons (Fsp3) is 0.442. The number of nitriles is 1. The number of aromatic nitrogens is 4. The highest BCUT2D eigenvalue weighted by Crippen LogP contribution is 2.39. The number of amides is 3. The van der Waals surface area contributed by atoms with E-state index in [4.69, 9.17) is 5.10 Å². The van der Waals surface area contributed by atoms with Crippen molar-refractivity contribution >= 4 is 45.5 Å². The van der Waals surface area contributed by atoms with Crippen LogP contribution < -0.4 is 15.5 Å². The smallest absolute Gasteiger partial charge is 0.274 e. The number of nitrogens with zero attached hydrogens (tertiary/aromatic N) is 8. The first kappa shape index (κ1) is 38.7. The molecule has 4 aliphatic rings. The Hall–Kier alpha value is -5.76. The lowest BCUT2D eigenvalue weighted by molar-refractivity contribution is -0.134. The van der Waals surface area contributed by atoms with Crippen LogP contribution in [0.25, 0.3) is 16.4 Å². The third-order valence-electron chi connectivity index (χ3n) is 12.8. The van der Waals surface area contributed by atoms with Crippen molar-refractivity contribution in [1.29, 1.82) is 5.26 Å². The molecule has 4 fully saturated rings. The van der Waals surface area contributed by atoms with Gasteiger partial charge in [-0.1, -0.05) is 0 Å². The van der Waals surface area contributed by atoms with Crippen molar-refractivity contribution in [3.8, 4) is 6.07 Å². The quantitative estimate of drug-likeness (QED) is 0.185. The molecule has 59 heavy (non-hydrogen) atoms. The van der Waals surface area contributed by atoms with Crippen molar-refractivity contribution in [2.75, 3.05) is 49.5 Å². The van der Waals surface area contributed by atoms with Gasteiger partial charge in [-0.05, 0) is 88.4 Å². The van der Waals surface area contributed by atoms with Crippen molar-refractivity contribution in [3.63, 3.8) is 0 Å². The topological polar surface area (TPSA) is 164 Å². The summed E-state index contributed by atoms with van der Waals surface area (Å²) in [7, 11) is 0. The normalized spacial score (nSPS) is 22.4. The Balaban J connectivity index is 0.784. The lowest BCUT2D eigenvalue weighted by Gasteiger charge is -2.48. The number of hydrogen-bond donors (Lipinski definition) is 3. The highest BCUT2D eigenvalue weighted by atomic mass is 19.1. The van der Waals surface area contributed by atoms with Gasteiger partial charge in [0, 0.05) is 91.9 Å². The number of rotatable bonds is 8. The number of aliphatic hydroxyl groups is 1. The molecule has 1 saturated carbocycles. The van der Waals surface area contributed by atoms with Gasteiger partial charge in [0.05, 0.1) is 40.4 Å². The van der Waals surface area contributed by atoms with E-state index >= 15 is 8.78 Å². The lowest BCUT2D eigenvalue weighted by atomic mass is 9.85. The second-order valence-electron chi connectivity index (χ2n) is 16.9. The third kappa shape index (κ3) is 7.43. The van der Waals surface area contributed by atoms with E-state index in [-0.39, 0.29) is 24.4 Å². The third-order valence-corrected chi connectivity index (χ3v) is 12.8. The number of fused-ring (bicyclic) bond motifs is 2. The number of benzene rings is 2. The summed E-state index contributed by atoms with van der Waals surface area (Å²) in [6, 6.07) is 14.5. The van der Waals surface area contributed by atoms with Crippen LogP contribution in [0.5, 0.6) is 0 Å². The molecule has 3 aromatic heterocycles. The second kappa shape index (κ2) is 15.1. The molecular weight excluding hydrogens is 759 g/mol. The van der Waals surface area contributed by atoms with Gasteiger partial charge in [0.1, 0.15) is 23.4 Å². The first-order valence-corrected chi connectivity index (χ1v) is 20.3. The highest BCUT2D eigenvalue weighted by Gasteiger charge is 2.38. The van der Waals surface area contributed by atoms with Crippen molar-refractivity contribution in [3.05, 3.63) is 88.9 Å². The van der Waals surface area contributed by atoms with Crippen molar-refractivity contribution in [2.45, 2.75) is 82.0 Å². The van der Waals surface area contributed by atoms with E-state index in [1.165, 1.54) is 22.8 Å². The summed E-state index contributed by atoms with van der Waals surface area (Å²) < 4.78 is 33.9. The van der Waals surface area contributed by atoms with E-state index in [2.05, 4.69) is 31.6 Å². The Kier molecular flexibility index (Phi) is 9.93. The molecule has 16 heteroatoms. The number of carbonyl (C=O) groups excluding carboxylic acids is 3. The summed E-state index contributed by atoms with van der Waals surface area (Å²) in [5, 5.41) is 35.5. The minimum absolute atomic E-state index is 0.0577. The minimum atomic E-state index is -1.26. The maximum atomic E-state index is 15.2. The standard InChI is InChI=1S/C43H46F2N10O4/c1-43(2,59)33-21-36-26(16-37(33)48-42(58)38-5-3-28-15-25(22-46)23-47-55(28)38)24-54(50-36)31-17-29(18-31)53-13-11-52(12-14-53)27-7-9-51(10-8-27)30-19-34(44)40(35(45)20-30)32-4-6-39(56)49-41(32)57/h3,5,15-16,19-21,23-24,27,29,31-32,59H,4,6-14,17-18H2,1-2H3,(H,48,58)(H,49,56,57)/t29?,31?,32-/m1/s1. The average molecular weight is 805 g/mol. The number of anilines is 2. The average Bonchev–Trinajstić information content (AvgIpc) is 3.81. The van der Waals surface area contributed by atoms with Gasteiger partial charge >= 0.3 is 0 Å². The van der Waals surface area contributed by atoms with E-state index < -0.39 is 40.9 Å². The van der Waals surface area contributed by atoms with Gasteiger partial charge in [-0.25, -0.2) is 13.3 Å². The monoisotopic (exact) mass is 804 g/mol. The Morgan fingerprint density at radius 2 is 1.63 bits per heavy atom. The summed E-state index contributed by atoms with van der Waals surface area (Å²) >= 11 is 0. The molecule has 0 unspecified atom stereocenters. The number of halogens is 2. The largest absolute Gasteiger partial charge is 0.386 e. The van der Waals surface area contributed by atoms with Gasteiger partial charge in [-0.15, -0.1) is 0 Å². The summed E-state index contributed by atoms with van der Waals surface area (Å²) in [5.41, 5.74) is 2.05. The first-order chi connectivity index (χ1) is 28.3. The van der Waals surface area contributed by atoms with Crippen LogP contribution in [0.4, 0.5) is 20.2 Å². The zero-order valence-electron chi connectivity index (χ0n) is 33.0. The lowest BCUT2D eigenvalue weighted by Crippen LogP contribution is -2.57. The van der Waals surface area contributed by atoms with Crippen LogP contribution in [-0.2, 0) is 15.2 Å². The number of piperidine rings is 2. The summed E-state index contributed by atoms with van der Waals surface area (Å²) in [6.07, 6.45) is 7.31.